The van der Waals surface area contributed by atoms with Gasteiger partial charge in [0.2, 0.25) is 0 Å². The van der Waals surface area contributed by atoms with Crippen LogP contribution in [0.5, 0.6) is 0 Å². The van der Waals surface area contributed by atoms with Crippen molar-refractivity contribution in [1.29, 1.82) is 0 Å². The zero-order chi connectivity index (χ0) is 14.0. The van der Waals surface area contributed by atoms with E-state index in [0.717, 1.165) is 12.1 Å². The van der Waals surface area contributed by atoms with Gasteiger partial charge in [0.15, 0.2) is 0 Å². The summed E-state index contributed by atoms with van der Waals surface area (Å²) < 4.78 is 51.7. The topological polar surface area (TPSA) is 3.24 Å². The average Bonchev–Trinajstić information content (AvgIpc) is 2.32. The summed E-state index contributed by atoms with van der Waals surface area (Å²) in [6.07, 6.45) is 2.04. The molecule has 0 radical (unpaired) electrons. The molecular formula is C14H11F4N. The SMILES string of the molecule is C=C1C=CC=C(c2ccc(F)cc2F)N1CC(F)F. The standard InChI is InChI=1S/C14H11F4N/c1-9-3-2-4-13(19(9)8-14(17)18)11-6-5-10(15)7-12(11)16/h2-7,14H,1,8H2. The summed E-state index contributed by atoms with van der Waals surface area (Å²) in [6, 6.07) is 3.03. The summed E-state index contributed by atoms with van der Waals surface area (Å²) in [6.45, 7) is 3.05. The van der Waals surface area contributed by atoms with E-state index in [-0.39, 0.29) is 11.3 Å². The van der Waals surface area contributed by atoms with E-state index in [1.807, 2.05) is 0 Å². The lowest BCUT2D eigenvalue weighted by Crippen LogP contribution is -2.27. The number of benzene rings is 1. The first-order valence-electron chi connectivity index (χ1n) is 5.57. The molecule has 0 saturated carbocycles. The van der Waals surface area contributed by atoms with Crippen LogP contribution in [0, 0.1) is 11.6 Å². The Morgan fingerprint density at radius 3 is 2.58 bits per heavy atom. The fourth-order valence-corrected chi connectivity index (χ4v) is 1.87. The van der Waals surface area contributed by atoms with Crippen LogP contribution in [0.3, 0.4) is 0 Å². The highest BCUT2D eigenvalue weighted by Crippen LogP contribution is 2.29. The number of alkyl halides is 2. The van der Waals surface area contributed by atoms with E-state index in [1.54, 1.807) is 12.2 Å². The highest BCUT2D eigenvalue weighted by molar-refractivity contribution is 5.70. The number of hydrogen-bond acceptors (Lipinski definition) is 1. The van der Waals surface area contributed by atoms with Gasteiger partial charge in [-0.15, -0.1) is 0 Å². The lowest BCUT2D eigenvalue weighted by Gasteiger charge is -2.30. The molecule has 0 amide bonds. The van der Waals surface area contributed by atoms with Crippen LogP contribution in [0.25, 0.3) is 5.70 Å². The molecule has 0 saturated heterocycles. The molecule has 1 aromatic rings. The van der Waals surface area contributed by atoms with Gasteiger partial charge >= 0.3 is 0 Å². The van der Waals surface area contributed by atoms with Crippen LogP contribution in [-0.2, 0) is 0 Å². The van der Waals surface area contributed by atoms with Gasteiger partial charge < -0.3 is 4.90 Å². The molecule has 0 atom stereocenters. The molecule has 1 heterocycles. The largest absolute Gasteiger partial charge is 0.336 e. The predicted molar refractivity (Wildman–Crippen MR) is 65.3 cm³/mol. The Labute approximate surface area is 108 Å². The van der Waals surface area contributed by atoms with E-state index in [9.17, 15) is 17.6 Å². The number of nitrogens with zero attached hydrogens (tertiary/aromatic N) is 1. The molecule has 0 bridgehead atoms. The minimum absolute atomic E-state index is 0.0625. The molecule has 0 fully saturated rings. The van der Waals surface area contributed by atoms with E-state index in [1.165, 1.54) is 17.0 Å². The molecule has 1 aromatic carbocycles. The van der Waals surface area contributed by atoms with Gasteiger partial charge in [-0.1, -0.05) is 12.7 Å². The Balaban J connectivity index is 2.42. The summed E-state index contributed by atoms with van der Waals surface area (Å²) in [5.41, 5.74) is 0.638. The van der Waals surface area contributed by atoms with Crippen molar-refractivity contribution in [3.05, 3.63) is 65.9 Å². The quantitative estimate of drug-likeness (QED) is 0.751. The van der Waals surface area contributed by atoms with Gasteiger partial charge in [0, 0.05) is 17.3 Å². The number of halogens is 4. The molecule has 1 aliphatic rings. The molecule has 0 aromatic heterocycles. The maximum atomic E-state index is 13.7. The Kier molecular flexibility index (Phi) is 3.74. The molecule has 0 aliphatic carbocycles. The van der Waals surface area contributed by atoms with Crippen LogP contribution in [0.1, 0.15) is 5.56 Å². The van der Waals surface area contributed by atoms with E-state index in [4.69, 9.17) is 0 Å². The third-order valence-corrected chi connectivity index (χ3v) is 2.71. The van der Waals surface area contributed by atoms with Crippen LogP contribution in [-0.4, -0.2) is 17.9 Å². The number of allylic oxidation sites excluding steroid dienone is 3. The summed E-state index contributed by atoms with van der Waals surface area (Å²) in [4.78, 5) is 1.21. The molecule has 0 N–H and O–H groups in total. The molecule has 0 spiro atoms. The van der Waals surface area contributed by atoms with E-state index >= 15 is 0 Å². The van der Waals surface area contributed by atoms with E-state index in [2.05, 4.69) is 6.58 Å². The predicted octanol–water partition coefficient (Wildman–Crippen LogP) is 3.96. The summed E-state index contributed by atoms with van der Waals surface area (Å²) in [5.74, 6) is -1.51. The lowest BCUT2D eigenvalue weighted by molar-refractivity contribution is 0.123. The third-order valence-electron chi connectivity index (χ3n) is 2.71. The highest BCUT2D eigenvalue weighted by Gasteiger charge is 2.22. The summed E-state index contributed by atoms with van der Waals surface area (Å²) in [7, 11) is 0. The van der Waals surface area contributed by atoms with Crippen molar-refractivity contribution in [2.45, 2.75) is 6.43 Å². The third kappa shape index (κ3) is 2.86. The Hall–Kier alpha value is -2.04. The van der Waals surface area contributed by atoms with Crippen molar-refractivity contribution >= 4 is 5.70 Å². The van der Waals surface area contributed by atoms with Gasteiger partial charge in [-0.2, -0.15) is 0 Å². The zero-order valence-corrected chi connectivity index (χ0v) is 9.91. The van der Waals surface area contributed by atoms with Crippen molar-refractivity contribution < 1.29 is 17.6 Å². The van der Waals surface area contributed by atoms with Crippen LogP contribution in [0.2, 0.25) is 0 Å². The molecule has 1 aliphatic heterocycles. The molecule has 1 nitrogen and oxygen atoms in total. The zero-order valence-electron chi connectivity index (χ0n) is 9.91. The maximum Gasteiger partial charge on any atom is 0.256 e. The minimum atomic E-state index is -2.59. The smallest absolute Gasteiger partial charge is 0.256 e. The van der Waals surface area contributed by atoms with Crippen molar-refractivity contribution in [2.75, 3.05) is 6.54 Å². The Bertz CT molecular complexity index is 561. The normalized spacial score (nSPS) is 15.1. The van der Waals surface area contributed by atoms with Crippen molar-refractivity contribution in [3.63, 3.8) is 0 Å². The first kappa shape index (κ1) is 13.4. The van der Waals surface area contributed by atoms with Gasteiger partial charge in [0.25, 0.3) is 6.43 Å². The van der Waals surface area contributed by atoms with Crippen LogP contribution in [0.15, 0.2) is 48.7 Å². The van der Waals surface area contributed by atoms with Gasteiger partial charge in [0.1, 0.15) is 11.6 Å². The van der Waals surface area contributed by atoms with Crippen molar-refractivity contribution in [2.24, 2.45) is 0 Å². The second-order valence-electron chi connectivity index (χ2n) is 4.03. The fourth-order valence-electron chi connectivity index (χ4n) is 1.87. The fraction of sp³-hybridized carbons (Fsp3) is 0.143. The molecule has 100 valence electrons. The van der Waals surface area contributed by atoms with Crippen LogP contribution >= 0.6 is 0 Å². The second kappa shape index (κ2) is 5.30. The van der Waals surface area contributed by atoms with Gasteiger partial charge in [-0.05, 0) is 24.3 Å². The minimum Gasteiger partial charge on any atom is -0.336 e. The molecule has 5 heteroatoms. The second-order valence-corrected chi connectivity index (χ2v) is 4.03. The van der Waals surface area contributed by atoms with Gasteiger partial charge in [-0.3, -0.25) is 0 Å². The summed E-state index contributed by atoms with van der Waals surface area (Å²) >= 11 is 0. The van der Waals surface area contributed by atoms with E-state index < -0.39 is 24.6 Å². The molecular weight excluding hydrogens is 258 g/mol. The summed E-state index contributed by atoms with van der Waals surface area (Å²) in [5, 5.41) is 0. The van der Waals surface area contributed by atoms with Crippen molar-refractivity contribution in [3.8, 4) is 0 Å². The molecule has 2 rings (SSSR count). The van der Waals surface area contributed by atoms with Gasteiger partial charge in [0.05, 0.1) is 12.2 Å². The molecule has 19 heavy (non-hydrogen) atoms. The van der Waals surface area contributed by atoms with Crippen molar-refractivity contribution in [1.82, 2.24) is 4.90 Å². The Morgan fingerprint density at radius 2 is 1.95 bits per heavy atom. The maximum absolute atomic E-state index is 13.7. The van der Waals surface area contributed by atoms with Crippen LogP contribution < -0.4 is 0 Å². The van der Waals surface area contributed by atoms with E-state index in [0.29, 0.717) is 5.70 Å². The van der Waals surface area contributed by atoms with Crippen LogP contribution in [0.4, 0.5) is 17.6 Å². The number of hydrogen-bond donors (Lipinski definition) is 0. The first-order valence-corrected chi connectivity index (χ1v) is 5.57. The number of rotatable bonds is 3. The first-order chi connectivity index (χ1) is 8.99. The lowest BCUT2D eigenvalue weighted by atomic mass is 10.1. The monoisotopic (exact) mass is 269 g/mol. The Morgan fingerprint density at radius 1 is 1.21 bits per heavy atom. The average molecular weight is 269 g/mol. The van der Waals surface area contributed by atoms with Gasteiger partial charge in [-0.25, -0.2) is 17.6 Å². The molecule has 0 unspecified atom stereocenters. The highest BCUT2D eigenvalue weighted by atomic mass is 19.3.